The Hall–Kier alpha value is -3.28. The minimum Gasteiger partial charge on any atom is -0.454 e. The number of rotatable bonds is 6. The fourth-order valence-electron chi connectivity index (χ4n) is 4.05. The topological polar surface area (TPSA) is 51.7 Å². The SMILES string of the molecule is Cc1ccccc1C(=O)N(CCc1ccc(Cl)cc1)Cc1cc2cc3c(cc2nc1Cl)OCO3. The van der Waals surface area contributed by atoms with E-state index in [0.29, 0.717) is 46.7 Å². The van der Waals surface area contributed by atoms with E-state index in [-0.39, 0.29) is 12.7 Å². The van der Waals surface area contributed by atoms with Gasteiger partial charge in [-0.05, 0) is 54.8 Å². The summed E-state index contributed by atoms with van der Waals surface area (Å²) in [6, 6.07) is 21.0. The molecule has 5 rings (SSSR count). The Morgan fingerprint density at radius 2 is 1.74 bits per heavy atom. The number of ether oxygens (including phenoxy) is 2. The number of nitrogens with zero attached hydrogens (tertiary/aromatic N) is 2. The van der Waals surface area contributed by atoms with E-state index in [2.05, 4.69) is 4.98 Å². The lowest BCUT2D eigenvalue weighted by Crippen LogP contribution is -2.33. The Kier molecular flexibility index (Phi) is 6.31. The van der Waals surface area contributed by atoms with Crippen LogP contribution in [0.3, 0.4) is 0 Å². The minimum absolute atomic E-state index is 0.0473. The second kappa shape index (κ2) is 9.53. The first kappa shape index (κ1) is 22.5. The maximum atomic E-state index is 13.6. The van der Waals surface area contributed by atoms with Gasteiger partial charge < -0.3 is 14.4 Å². The molecule has 0 radical (unpaired) electrons. The lowest BCUT2D eigenvalue weighted by atomic mass is 10.1. The van der Waals surface area contributed by atoms with Crippen LogP contribution in [0.1, 0.15) is 27.0 Å². The molecule has 172 valence electrons. The Labute approximate surface area is 207 Å². The molecular weight excluding hydrogens is 471 g/mol. The number of hydrogen-bond acceptors (Lipinski definition) is 4. The van der Waals surface area contributed by atoms with Gasteiger partial charge in [0.15, 0.2) is 11.5 Å². The summed E-state index contributed by atoms with van der Waals surface area (Å²) in [5.41, 5.74) is 4.19. The molecule has 3 aromatic carbocycles. The lowest BCUT2D eigenvalue weighted by Gasteiger charge is -2.24. The van der Waals surface area contributed by atoms with Crippen molar-refractivity contribution in [2.24, 2.45) is 0 Å². The van der Waals surface area contributed by atoms with Crippen LogP contribution in [0.4, 0.5) is 0 Å². The zero-order valence-corrected chi connectivity index (χ0v) is 20.1. The molecule has 0 aliphatic carbocycles. The van der Waals surface area contributed by atoms with Crippen LogP contribution in [-0.4, -0.2) is 29.1 Å². The molecule has 1 aromatic heterocycles. The molecule has 0 saturated heterocycles. The highest BCUT2D eigenvalue weighted by Gasteiger charge is 2.21. The first-order chi connectivity index (χ1) is 16.5. The van der Waals surface area contributed by atoms with Gasteiger partial charge in [0.25, 0.3) is 5.91 Å². The number of benzene rings is 3. The molecule has 7 heteroatoms. The molecule has 0 bridgehead atoms. The van der Waals surface area contributed by atoms with Gasteiger partial charge in [-0.2, -0.15) is 0 Å². The summed E-state index contributed by atoms with van der Waals surface area (Å²) in [7, 11) is 0. The van der Waals surface area contributed by atoms with Gasteiger partial charge in [-0.25, -0.2) is 4.98 Å². The summed E-state index contributed by atoms with van der Waals surface area (Å²) in [5, 5.41) is 1.93. The fourth-order valence-corrected chi connectivity index (χ4v) is 4.38. The average molecular weight is 493 g/mol. The van der Waals surface area contributed by atoms with Gasteiger partial charge in [-0.1, -0.05) is 53.5 Å². The van der Waals surface area contributed by atoms with Crippen LogP contribution in [0.5, 0.6) is 11.5 Å². The molecule has 2 heterocycles. The van der Waals surface area contributed by atoms with Crippen molar-refractivity contribution in [3.63, 3.8) is 0 Å². The number of amides is 1. The maximum Gasteiger partial charge on any atom is 0.254 e. The van der Waals surface area contributed by atoms with Crippen LogP contribution in [0.25, 0.3) is 10.9 Å². The minimum atomic E-state index is -0.0473. The van der Waals surface area contributed by atoms with E-state index in [1.54, 1.807) is 0 Å². The van der Waals surface area contributed by atoms with Crippen molar-refractivity contribution in [3.8, 4) is 11.5 Å². The first-order valence-electron chi connectivity index (χ1n) is 11.0. The molecule has 0 saturated carbocycles. The zero-order valence-electron chi connectivity index (χ0n) is 18.6. The predicted molar refractivity (Wildman–Crippen MR) is 134 cm³/mol. The molecule has 1 amide bonds. The number of pyridine rings is 1. The molecule has 34 heavy (non-hydrogen) atoms. The van der Waals surface area contributed by atoms with Crippen molar-refractivity contribution in [2.75, 3.05) is 13.3 Å². The molecule has 1 aliphatic heterocycles. The Balaban J connectivity index is 1.46. The summed E-state index contributed by atoms with van der Waals surface area (Å²) in [6.45, 7) is 2.98. The van der Waals surface area contributed by atoms with Gasteiger partial charge in [0.05, 0.1) is 5.52 Å². The third-order valence-electron chi connectivity index (χ3n) is 5.94. The van der Waals surface area contributed by atoms with Crippen molar-refractivity contribution in [1.29, 1.82) is 0 Å². The summed E-state index contributed by atoms with van der Waals surface area (Å²) < 4.78 is 11.0. The van der Waals surface area contributed by atoms with Gasteiger partial charge in [0, 0.05) is 40.7 Å². The summed E-state index contributed by atoms with van der Waals surface area (Å²) in [4.78, 5) is 20.0. The number of carbonyl (C=O) groups is 1. The molecule has 0 unspecified atom stereocenters. The quantitative estimate of drug-likeness (QED) is 0.289. The van der Waals surface area contributed by atoms with Crippen LogP contribution in [0.2, 0.25) is 10.2 Å². The Morgan fingerprint density at radius 1 is 1.00 bits per heavy atom. The molecule has 0 fully saturated rings. The normalized spacial score (nSPS) is 12.2. The summed E-state index contributed by atoms with van der Waals surface area (Å²) >= 11 is 12.6. The Bertz CT molecular complexity index is 1370. The number of hydrogen-bond donors (Lipinski definition) is 0. The van der Waals surface area contributed by atoms with Gasteiger partial charge in [0.2, 0.25) is 6.79 Å². The predicted octanol–water partition coefficient (Wildman–Crippen LogP) is 6.46. The number of fused-ring (bicyclic) bond motifs is 2. The van der Waals surface area contributed by atoms with Crippen molar-refractivity contribution in [3.05, 3.63) is 99.2 Å². The van der Waals surface area contributed by atoms with Crippen molar-refractivity contribution >= 4 is 40.0 Å². The molecule has 0 atom stereocenters. The third kappa shape index (κ3) is 4.67. The molecule has 0 spiro atoms. The lowest BCUT2D eigenvalue weighted by molar-refractivity contribution is 0.0744. The van der Waals surface area contributed by atoms with Crippen LogP contribution >= 0.6 is 23.2 Å². The largest absolute Gasteiger partial charge is 0.454 e. The molecule has 4 aromatic rings. The smallest absolute Gasteiger partial charge is 0.254 e. The molecule has 5 nitrogen and oxygen atoms in total. The van der Waals surface area contributed by atoms with Gasteiger partial charge in [0.1, 0.15) is 5.15 Å². The highest BCUT2D eigenvalue weighted by atomic mass is 35.5. The summed E-state index contributed by atoms with van der Waals surface area (Å²) in [5.74, 6) is 1.29. The van der Waals surface area contributed by atoms with E-state index in [1.165, 1.54) is 0 Å². The van der Waals surface area contributed by atoms with Gasteiger partial charge in [-0.15, -0.1) is 0 Å². The highest BCUT2D eigenvalue weighted by molar-refractivity contribution is 6.31. The van der Waals surface area contributed by atoms with Crippen molar-refractivity contribution in [2.45, 2.75) is 19.9 Å². The Morgan fingerprint density at radius 3 is 2.50 bits per heavy atom. The van der Waals surface area contributed by atoms with E-state index in [9.17, 15) is 4.79 Å². The van der Waals surface area contributed by atoms with E-state index >= 15 is 0 Å². The zero-order chi connectivity index (χ0) is 23.7. The van der Waals surface area contributed by atoms with Crippen LogP contribution in [0.15, 0.2) is 66.7 Å². The number of carbonyl (C=O) groups excluding carboxylic acids is 1. The first-order valence-corrected chi connectivity index (χ1v) is 11.7. The number of aryl methyl sites for hydroxylation is 1. The van der Waals surface area contributed by atoms with E-state index < -0.39 is 0 Å². The van der Waals surface area contributed by atoms with E-state index in [1.807, 2.05) is 78.6 Å². The molecule has 1 aliphatic rings. The average Bonchev–Trinajstić information content (AvgIpc) is 3.29. The molecule has 0 N–H and O–H groups in total. The third-order valence-corrected chi connectivity index (χ3v) is 6.52. The fraction of sp³-hybridized carbons (Fsp3) is 0.185. The van der Waals surface area contributed by atoms with Crippen LogP contribution < -0.4 is 9.47 Å². The summed E-state index contributed by atoms with van der Waals surface area (Å²) in [6.07, 6.45) is 0.687. The molecular formula is C27H22Cl2N2O3. The van der Waals surface area contributed by atoms with Gasteiger partial charge in [-0.3, -0.25) is 4.79 Å². The number of aromatic nitrogens is 1. The monoisotopic (exact) mass is 492 g/mol. The maximum absolute atomic E-state index is 13.6. The van der Waals surface area contributed by atoms with Gasteiger partial charge >= 0.3 is 0 Å². The standard InChI is InChI=1S/C27H22Cl2N2O3/c1-17-4-2-3-5-22(17)27(32)31(11-10-18-6-8-21(28)9-7-18)15-20-12-19-13-24-25(34-16-33-24)14-23(19)30-26(20)29/h2-9,12-14H,10-11,15-16H2,1H3. The van der Waals surface area contributed by atoms with E-state index in [0.717, 1.165) is 27.6 Å². The second-order valence-electron chi connectivity index (χ2n) is 8.25. The van der Waals surface area contributed by atoms with Crippen LogP contribution in [-0.2, 0) is 13.0 Å². The highest BCUT2D eigenvalue weighted by Crippen LogP contribution is 2.36. The van der Waals surface area contributed by atoms with Crippen molar-refractivity contribution in [1.82, 2.24) is 9.88 Å². The second-order valence-corrected chi connectivity index (χ2v) is 9.05. The van der Waals surface area contributed by atoms with Crippen molar-refractivity contribution < 1.29 is 14.3 Å². The number of halogens is 2. The van der Waals surface area contributed by atoms with E-state index in [4.69, 9.17) is 32.7 Å². The van der Waals surface area contributed by atoms with Crippen LogP contribution in [0, 0.1) is 6.92 Å².